The van der Waals surface area contributed by atoms with Crippen LogP contribution in [0.1, 0.15) is 5.56 Å². The maximum absolute atomic E-state index is 11.2. The maximum Gasteiger partial charge on any atom is 0.212 e. The first kappa shape index (κ1) is 35.8. The zero-order valence-corrected chi connectivity index (χ0v) is 34.4. The molecule has 13 rings (SSSR count). The second kappa shape index (κ2) is 13.8. The minimum Gasteiger partial charge on any atom is -0.319 e. The highest BCUT2D eigenvalue weighted by atomic mass is 15.0. The van der Waals surface area contributed by atoms with Crippen LogP contribution in [0.15, 0.2) is 206 Å². The fourth-order valence-electron chi connectivity index (χ4n) is 10.5. The molecule has 0 aliphatic heterocycles. The van der Waals surface area contributed by atoms with Crippen LogP contribution in [0.5, 0.6) is 0 Å². The molecule has 0 radical (unpaired) electrons. The quantitative estimate of drug-likeness (QED) is 0.163. The van der Waals surface area contributed by atoms with Crippen LogP contribution in [0.25, 0.3) is 125 Å². The summed E-state index contributed by atoms with van der Waals surface area (Å²) in [6.45, 7) is 8.75. The Hall–Kier alpha value is -8.96. The molecule has 4 nitrogen and oxygen atoms in total. The zero-order valence-electron chi connectivity index (χ0n) is 34.4. The highest BCUT2D eigenvalue weighted by Gasteiger charge is 2.23. The van der Waals surface area contributed by atoms with Crippen molar-refractivity contribution < 1.29 is 0 Å². The van der Waals surface area contributed by atoms with Crippen molar-refractivity contribution in [3.05, 3.63) is 223 Å². The van der Waals surface area contributed by atoms with E-state index in [1.54, 1.807) is 0 Å². The molecule has 11 aromatic carbocycles. The van der Waals surface area contributed by atoms with Crippen LogP contribution in [0.4, 0.5) is 5.69 Å². The third kappa shape index (κ3) is 5.15. The summed E-state index contributed by atoms with van der Waals surface area (Å²) in [6, 6.07) is 75.4. The van der Waals surface area contributed by atoms with E-state index in [1.165, 1.54) is 32.7 Å². The van der Waals surface area contributed by atoms with Gasteiger partial charge in [-0.1, -0.05) is 158 Å². The predicted octanol–water partition coefficient (Wildman–Crippen LogP) is 16.3. The average Bonchev–Trinajstić information content (AvgIpc) is 3.88. The fraction of sp³-hybridized carbons (Fsp3) is 0. The van der Waals surface area contributed by atoms with Crippen LogP contribution < -0.4 is 0 Å². The van der Waals surface area contributed by atoms with Crippen molar-refractivity contribution >= 4 is 92.4 Å². The summed E-state index contributed by atoms with van der Waals surface area (Å²) in [5.74, 6) is 0. The van der Waals surface area contributed by atoms with Gasteiger partial charge in [0.25, 0.3) is 0 Å². The van der Waals surface area contributed by atoms with E-state index < -0.39 is 0 Å². The molecule has 64 heavy (non-hydrogen) atoms. The van der Waals surface area contributed by atoms with Gasteiger partial charge in [-0.15, -0.1) is 0 Å². The van der Waals surface area contributed by atoms with E-state index in [-0.39, 0.29) is 0 Å². The zero-order chi connectivity index (χ0) is 42.5. The number of nitriles is 1. The van der Waals surface area contributed by atoms with Gasteiger partial charge in [-0.05, 0) is 114 Å². The molecular formula is C60H34N4. The van der Waals surface area contributed by atoms with E-state index in [0.29, 0.717) is 22.6 Å². The van der Waals surface area contributed by atoms with Crippen molar-refractivity contribution in [2.24, 2.45) is 0 Å². The van der Waals surface area contributed by atoms with Gasteiger partial charge in [0.05, 0.1) is 45.6 Å². The first-order chi connectivity index (χ1) is 31.7. The molecule has 0 bridgehead atoms. The van der Waals surface area contributed by atoms with Crippen molar-refractivity contribution in [2.45, 2.75) is 0 Å². The summed E-state index contributed by atoms with van der Waals surface area (Å²) >= 11 is 0. The summed E-state index contributed by atoms with van der Waals surface area (Å²) in [4.78, 5) is 4.25. The van der Waals surface area contributed by atoms with Crippen molar-refractivity contribution in [1.29, 1.82) is 5.26 Å². The van der Waals surface area contributed by atoms with Crippen LogP contribution in [-0.4, -0.2) is 9.13 Å². The number of benzene rings is 11. The Bertz CT molecular complexity index is 3940. The van der Waals surface area contributed by atoms with Gasteiger partial charge < -0.3 is 9.13 Å². The van der Waals surface area contributed by atoms with Crippen LogP contribution in [-0.2, 0) is 0 Å². The van der Waals surface area contributed by atoms with E-state index in [4.69, 9.17) is 6.57 Å². The van der Waals surface area contributed by atoms with Crippen LogP contribution in [0, 0.1) is 17.9 Å². The molecule has 0 saturated heterocycles. The maximum atomic E-state index is 11.2. The summed E-state index contributed by atoms with van der Waals surface area (Å²) in [5.41, 5.74) is 10.8. The van der Waals surface area contributed by atoms with E-state index >= 15 is 0 Å². The molecule has 0 atom stereocenters. The molecule has 0 amide bonds. The molecule has 0 unspecified atom stereocenters. The van der Waals surface area contributed by atoms with Gasteiger partial charge in [0.2, 0.25) is 5.69 Å². The monoisotopic (exact) mass is 810 g/mol. The number of hydrogen-bond acceptors (Lipinski definition) is 1. The van der Waals surface area contributed by atoms with Gasteiger partial charge >= 0.3 is 0 Å². The molecule has 2 aromatic heterocycles. The molecule has 0 N–H and O–H groups in total. The lowest BCUT2D eigenvalue weighted by Crippen LogP contribution is -2.01. The largest absolute Gasteiger partial charge is 0.319 e. The average molecular weight is 811 g/mol. The first-order valence-corrected chi connectivity index (χ1v) is 21.5. The lowest BCUT2D eigenvalue weighted by atomic mass is 9.96. The van der Waals surface area contributed by atoms with Gasteiger partial charge in [-0.25, -0.2) is 4.85 Å². The Morgan fingerprint density at radius 1 is 0.375 bits per heavy atom. The Labute approximate surface area is 368 Å². The van der Waals surface area contributed by atoms with E-state index in [0.717, 1.165) is 76.3 Å². The number of aromatic nitrogens is 2. The van der Waals surface area contributed by atoms with Crippen LogP contribution in [0.2, 0.25) is 0 Å². The van der Waals surface area contributed by atoms with Gasteiger partial charge in [0, 0.05) is 21.5 Å². The number of hydrogen-bond donors (Lipinski definition) is 0. The lowest BCUT2D eigenvalue weighted by molar-refractivity contribution is 1.14. The first-order valence-electron chi connectivity index (χ1n) is 21.5. The third-order valence-corrected chi connectivity index (χ3v) is 13.3. The van der Waals surface area contributed by atoms with Gasteiger partial charge in [-0.2, -0.15) is 5.26 Å². The Morgan fingerprint density at radius 2 is 0.797 bits per heavy atom. The molecular weight excluding hydrogens is 777 g/mol. The van der Waals surface area contributed by atoms with Gasteiger partial charge in [0.1, 0.15) is 6.07 Å². The standard InChI is InChI=1S/C60H34N4/c1-62-52-35-57(63-53-28-26-41(46-22-10-16-37-12-2-6-18-44(37)46)32-50(53)59-48-20-8-4-14-39(48)24-30-55(59)63)43(36-61)34-58(52)64-54-29-27-42(47-23-11-17-38-13-3-7-19-45(38)47)33-51(54)60-49-21-9-5-15-40(49)25-31-56(60)64/h2-35H. The minimum absolute atomic E-state index is 0.460. The molecule has 2 heterocycles. The van der Waals surface area contributed by atoms with Crippen LogP contribution >= 0.6 is 0 Å². The Kier molecular flexibility index (Phi) is 7.70. The summed E-state index contributed by atoms with van der Waals surface area (Å²) in [6.07, 6.45) is 0. The van der Waals surface area contributed by atoms with Gasteiger partial charge in [-0.3, -0.25) is 0 Å². The molecule has 0 saturated carbocycles. The normalized spacial score (nSPS) is 11.7. The van der Waals surface area contributed by atoms with Crippen molar-refractivity contribution in [3.63, 3.8) is 0 Å². The molecule has 13 aromatic rings. The fourth-order valence-corrected chi connectivity index (χ4v) is 10.5. The predicted molar refractivity (Wildman–Crippen MR) is 267 cm³/mol. The molecule has 0 aliphatic rings. The molecule has 0 spiro atoms. The Morgan fingerprint density at radius 3 is 1.28 bits per heavy atom. The second-order valence-corrected chi connectivity index (χ2v) is 16.6. The second-order valence-electron chi connectivity index (χ2n) is 16.6. The van der Waals surface area contributed by atoms with E-state index in [9.17, 15) is 5.26 Å². The van der Waals surface area contributed by atoms with Crippen molar-refractivity contribution in [2.75, 3.05) is 0 Å². The lowest BCUT2D eigenvalue weighted by Gasteiger charge is -2.16. The number of nitrogens with zero attached hydrogens (tertiary/aromatic N) is 4. The Balaban J connectivity index is 1.08. The van der Waals surface area contributed by atoms with Crippen molar-refractivity contribution in [1.82, 2.24) is 9.13 Å². The van der Waals surface area contributed by atoms with E-state index in [2.05, 4.69) is 214 Å². The summed E-state index contributed by atoms with van der Waals surface area (Å²) < 4.78 is 4.38. The number of fused-ring (bicyclic) bond motifs is 12. The minimum atomic E-state index is 0.460. The molecule has 0 aliphatic carbocycles. The summed E-state index contributed by atoms with van der Waals surface area (Å²) in [5, 5.41) is 24.9. The smallest absolute Gasteiger partial charge is 0.212 e. The summed E-state index contributed by atoms with van der Waals surface area (Å²) in [7, 11) is 0. The highest BCUT2D eigenvalue weighted by Crippen LogP contribution is 2.45. The molecule has 0 fully saturated rings. The topological polar surface area (TPSA) is 38.0 Å². The molecule has 294 valence electrons. The van der Waals surface area contributed by atoms with Crippen molar-refractivity contribution in [3.8, 4) is 39.7 Å². The highest BCUT2D eigenvalue weighted by molar-refractivity contribution is 6.24. The third-order valence-electron chi connectivity index (χ3n) is 13.3. The van der Waals surface area contributed by atoms with E-state index in [1.807, 2.05) is 12.1 Å². The van der Waals surface area contributed by atoms with Gasteiger partial charge in [0.15, 0.2) is 0 Å². The SMILES string of the molecule is [C-]#[N+]c1cc(-n2c3ccc(-c4cccc5ccccc45)cc3c3c4ccccc4ccc32)c(C#N)cc1-n1c2ccc(-c3cccc4ccccc34)cc2c2c3ccccc3ccc21. The number of rotatable bonds is 4. The molecule has 4 heteroatoms. The van der Waals surface area contributed by atoms with Crippen LogP contribution in [0.3, 0.4) is 0 Å².